The SMILES string of the molecule is CC(C)(C)[Si](C)(C)OCCOc1ccnc(Cl)c1NC(=O)NC(=O)c1cc(F)c(Cl)nc1Cl. The topological polar surface area (TPSA) is 102 Å². The third-order valence-electron chi connectivity index (χ3n) is 5.07. The third kappa shape index (κ3) is 7.25. The Balaban J connectivity index is 2.04. The van der Waals surface area contributed by atoms with E-state index in [2.05, 4.69) is 49.1 Å². The molecular weight excluding hydrogens is 514 g/mol. The van der Waals surface area contributed by atoms with Gasteiger partial charge in [-0.1, -0.05) is 55.6 Å². The van der Waals surface area contributed by atoms with E-state index < -0.39 is 31.2 Å². The smallest absolute Gasteiger partial charge is 0.326 e. The Bertz CT molecular complexity index is 1050. The van der Waals surface area contributed by atoms with E-state index in [1.165, 1.54) is 12.3 Å². The Morgan fingerprint density at radius 2 is 1.79 bits per heavy atom. The highest BCUT2D eigenvalue weighted by molar-refractivity contribution is 6.74. The van der Waals surface area contributed by atoms with Gasteiger partial charge in [0, 0.05) is 12.3 Å². The van der Waals surface area contributed by atoms with E-state index in [4.69, 9.17) is 44.0 Å². The number of urea groups is 1. The molecule has 8 nitrogen and oxygen atoms in total. The molecule has 0 aromatic carbocycles. The summed E-state index contributed by atoms with van der Waals surface area (Å²) >= 11 is 17.4. The monoisotopic (exact) mass is 536 g/mol. The minimum Gasteiger partial charge on any atom is -0.489 e. The zero-order valence-corrected chi connectivity index (χ0v) is 22.0. The number of carbonyl (C=O) groups is 2. The molecule has 0 bridgehead atoms. The number of halogens is 4. The molecule has 0 saturated heterocycles. The number of nitrogens with zero attached hydrogens (tertiary/aromatic N) is 2. The van der Waals surface area contributed by atoms with Gasteiger partial charge in [-0.2, -0.15) is 0 Å². The fraction of sp³-hybridized carbons (Fsp3) is 0.400. The molecule has 2 aromatic heterocycles. The van der Waals surface area contributed by atoms with E-state index in [1.807, 2.05) is 5.32 Å². The maximum absolute atomic E-state index is 13.6. The molecule has 0 unspecified atom stereocenters. The summed E-state index contributed by atoms with van der Waals surface area (Å²) in [6.07, 6.45) is 1.41. The van der Waals surface area contributed by atoms with Gasteiger partial charge in [0.15, 0.2) is 24.4 Å². The van der Waals surface area contributed by atoms with Gasteiger partial charge in [0.2, 0.25) is 0 Å². The van der Waals surface area contributed by atoms with Crippen LogP contribution in [-0.2, 0) is 4.43 Å². The molecule has 0 fully saturated rings. The maximum Gasteiger partial charge on any atom is 0.326 e. The van der Waals surface area contributed by atoms with E-state index in [9.17, 15) is 14.0 Å². The summed E-state index contributed by atoms with van der Waals surface area (Å²) in [5.41, 5.74) is -0.325. The summed E-state index contributed by atoms with van der Waals surface area (Å²) in [4.78, 5) is 32.0. The first-order chi connectivity index (χ1) is 15.2. The van der Waals surface area contributed by atoms with E-state index in [0.29, 0.717) is 6.61 Å². The Morgan fingerprint density at radius 3 is 2.42 bits per heavy atom. The number of hydrogen-bond donors (Lipinski definition) is 2. The zero-order chi connectivity index (χ0) is 25.0. The lowest BCUT2D eigenvalue weighted by molar-refractivity contribution is 0.0966. The summed E-state index contributed by atoms with van der Waals surface area (Å²) in [7, 11) is -1.94. The quantitative estimate of drug-likeness (QED) is 0.257. The molecule has 2 rings (SSSR count). The van der Waals surface area contributed by atoms with Gasteiger partial charge in [-0.05, 0) is 24.2 Å². The van der Waals surface area contributed by atoms with Crippen molar-refractivity contribution in [2.75, 3.05) is 18.5 Å². The molecule has 2 heterocycles. The van der Waals surface area contributed by atoms with Gasteiger partial charge < -0.3 is 14.5 Å². The van der Waals surface area contributed by atoms with Crippen LogP contribution in [0, 0.1) is 5.82 Å². The number of nitrogens with one attached hydrogen (secondary N) is 2. The van der Waals surface area contributed by atoms with Crippen LogP contribution in [0.2, 0.25) is 33.6 Å². The highest BCUT2D eigenvalue weighted by Gasteiger charge is 2.37. The average molecular weight is 538 g/mol. The molecule has 0 saturated carbocycles. The number of imide groups is 1. The minimum absolute atomic E-state index is 0.0447. The molecule has 0 radical (unpaired) electrons. The van der Waals surface area contributed by atoms with Crippen molar-refractivity contribution in [2.24, 2.45) is 0 Å². The third-order valence-corrected chi connectivity index (χ3v) is 10.5. The zero-order valence-electron chi connectivity index (χ0n) is 18.7. The van der Waals surface area contributed by atoms with Crippen LogP contribution >= 0.6 is 34.8 Å². The van der Waals surface area contributed by atoms with Gasteiger partial charge in [-0.3, -0.25) is 10.1 Å². The molecule has 33 heavy (non-hydrogen) atoms. The first-order valence-corrected chi connectivity index (χ1v) is 13.8. The highest BCUT2D eigenvalue weighted by Crippen LogP contribution is 2.36. The van der Waals surface area contributed by atoms with Crippen molar-refractivity contribution in [2.45, 2.75) is 38.9 Å². The van der Waals surface area contributed by atoms with E-state index in [0.717, 1.165) is 6.07 Å². The summed E-state index contributed by atoms with van der Waals surface area (Å²) < 4.78 is 25.4. The van der Waals surface area contributed by atoms with Crippen molar-refractivity contribution >= 4 is 60.7 Å². The molecule has 0 spiro atoms. The summed E-state index contributed by atoms with van der Waals surface area (Å²) in [6, 6.07) is 1.31. The van der Waals surface area contributed by atoms with Crippen LogP contribution in [-0.4, -0.2) is 43.4 Å². The van der Waals surface area contributed by atoms with E-state index in [1.54, 1.807) is 0 Å². The normalized spacial score (nSPS) is 11.8. The largest absolute Gasteiger partial charge is 0.489 e. The number of carbonyl (C=O) groups excluding carboxylic acids is 2. The Labute approximate surface area is 207 Å². The van der Waals surface area contributed by atoms with Gasteiger partial charge in [0.05, 0.1) is 12.2 Å². The minimum atomic E-state index is -1.94. The number of rotatable bonds is 7. The van der Waals surface area contributed by atoms with Crippen molar-refractivity contribution < 1.29 is 23.1 Å². The van der Waals surface area contributed by atoms with Gasteiger partial charge >= 0.3 is 6.03 Å². The number of aromatic nitrogens is 2. The maximum atomic E-state index is 13.6. The van der Waals surface area contributed by atoms with Crippen molar-refractivity contribution in [3.8, 4) is 5.75 Å². The van der Waals surface area contributed by atoms with Gasteiger partial charge in [-0.15, -0.1) is 0 Å². The highest BCUT2D eigenvalue weighted by atomic mass is 35.5. The van der Waals surface area contributed by atoms with Crippen LogP contribution < -0.4 is 15.4 Å². The number of hydrogen-bond acceptors (Lipinski definition) is 6. The summed E-state index contributed by atoms with van der Waals surface area (Å²) in [5.74, 6) is -1.72. The van der Waals surface area contributed by atoms with Crippen molar-refractivity contribution in [1.82, 2.24) is 15.3 Å². The molecule has 0 atom stereocenters. The molecule has 2 N–H and O–H groups in total. The Hall–Kier alpha value is -1.98. The predicted octanol–water partition coefficient (Wildman–Crippen LogP) is 5.94. The lowest BCUT2D eigenvalue weighted by Gasteiger charge is -2.36. The molecule has 13 heteroatoms. The second-order valence-electron chi connectivity index (χ2n) is 8.44. The van der Waals surface area contributed by atoms with E-state index in [-0.39, 0.29) is 39.0 Å². The van der Waals surface area contributed by atoms with Crippen molar-refractivity contribution in [1.29, 1.82) is 0 Å². The molecule has 0 aliphatic carbocycles. The lowest BCUT2D eigenvalue weighted by Crippen LogP contribution is -2.41. The number of pyridine rings is 2. The lowest BCUT2D eigenvalue weighted by atomic mass is 10.2. The average Bonchev–Trinajstić information content (AvgIpc) is 2.69. The van der Waals surface area contributed by atoms with Crippen LogP contribution in [0.5, 0.6) is 5.75 Å². The molecule has 0 aliphatic rings. The van der Waals surface area contributed by atoms with Crippen molar-refractivity contribution in [3.63, 3.8) is 0 Å². The van der Waals surface area contributed by atoms with Gasteiger partial charge in [0.25, 0.3) is 5.91 Å². The van der Waals surface area contributed by atoms with Crippen LogP contribution in [0.4, 0.5) is 14.9 Å². The van der Waals surface area contributed by atoms with Crippen LogP contribution in [0.1, 0.15) is 31.1 Å². The molecule has 3 amide bonds. The number of anilines is 1. The van der Waals surface area contributed by atoms with Gasteiger partial charge in [0.1, 0.15) is 23.2 Å². The van der Waals surface area contributed by atoms with Crippen molar-refractivity contribution in [3.05, 3.63) is 45.2 Å². The first-order valence-electron chi connectivity index (χ1n) is 9.78. The van der Waals surface area contributed by atoms with Crippen LogP contribution in [0.3, 0.4) is 0 Å². The fourth-order valence-corrected chi connectivity index (χ4v) is 3.87. The van der Waals surface area contributed by atoms with Crippen LogP contribution in [0.25, 0.3) is 0 Å². The summed E-state index contributed by atoms with van der Waals surface area (Å²) in [6.45, 7) is 11.2. The predicted molar refractivity (Wildman–Crippen MR) is 129 cm³/mol. The molecule has 2 aromatic rings. The van der Waals surface area contributed by atoms with E-state index >= 15 is 0 Å². The second-order valence-corrected chi connectivity index (χ2v) is 14.3. The Morgan fingerprint density at radius 1 is 1.12 bits per heavy atom. The number of amides is 3. The molecule has 180 valence electrons. The van der Waals surface area contributed by atoms with Crippen LogP contribution in [0.15, 0.2) is 18.3 Å². The fourth-order valence-electron chi connectivity index (χ4n) is 2.24. The first kappa shape index (κ1) is 27.3. The molecular formula is C20H24Cl3FN4O4Si. The van der Waals surface area contributed by atoms with Gasteiger partial charge in [-0.25, -0.2) is 19.2 Å². The molecule has 0 aliphatic heterocycles. The number of ether oxygens (including phenoxy) is 1. The Kier molecular flexibility index (Phi) is 9.06. The standard InChI is InChI=1S/C20H24Cl3FN4O4Si/c1-20(2,3)33(4,5)32-9-8-31-13-6-7-25-17(23)14(13)26-19(30)28-18(29)11-10-12(24)16(22)27-15(11)21/h6-7,10H,8-9H2,1-5H3,(H2,26,28,29,30). The second kappa shape index (κ2) is 11.0. The summed E-state index contributed by atoms with van der Waals surface area (Å²) in [5, 5.41) is 3.54.